The van der Waals surface area contributed by atoms with Gasteiger partial charge in [0.1, 0.15) is 17.1 Å². The van der Waals surface area contributed by atoms with Gasteiger partial charge in [-0.15, -0.1) is 0 Å². The third kappa shape index (κ3) is 3.30. The van der Waals surface area contributed by atoms with Crippen molar-refractivity contribution in [3.05, 3.63) is 64.7 Å². The van der Waals surface area contributed by atoms with Crippen LogP contribution in [0, 0.1) is 11.8 Å². The molecule has 1 amide bonds. The molecule has 0 spiro atoms. The van der Waals surface area contributed by atoms with Gasteiger partial charge in [-0.05, 0) is 44.5 Å². The Hall–Kier alpha value is -3.56. The van der Waals surface area contributed by atoms with Gasteiger partial charge in [0.2, 0.25) is 5.91 Å². The van der Waals surface area contributed by atoms with E-state index in [9.17, 15) is 19.8 Å². The summed E-state index contributed by atoms with van der Waals surface area (Å²) in [5, 5.41) is 22.4. The normalized spacial score (nSPS) is 28.0. The number of primary amides is 1. The average molecular weight is 477 g/mol. The zero-order valence-corrected chi connectivity index (χ0v) is 19.9. The highest BCUT2D eigenvalue weighted by Gasteiger charge is 2.61. The number of aliphatic hydroxyl groups excluding tert-OH is 2. The lowest BCUT2D eigenvalue weighted by molar-refractivity contribution is -0.157. The number of nitrogens with two attached hydrogens (primary N) is 1. The van der Waals surface area contributed by atoms with Crippen LogP contribution in [-0.2, 0) is 20.7 Å². The molecule has 0 aliphatic heterocycles. The maximum Gasteiger partial charge on any atom is 0.248 e. The predicted molar refractivity (Wildman–Crippen MR) is 128 cm³/mol. The number of ether oxygens (including phenoxy) is 1. The molecule has 4 N–H and O–H groups in total. The van der Waals surface area contributed by atoms with Gasteiger partial charge >= 0.3 is 0 Å². The molecule has 0 saturated heterocycles. The predicted octanol–water partition coefficient (Wildman–Crippen LogP) is 2.19. The number of hydrogen-bond acceptors (Lipinski definition) is 8. The molecule has 9 heteroatoms. The van der Waals surface area contributed by atoms with Crippen molar-refractivity contribution in [1.29, 1.82) is 0 Å². The van der Waals surface area contributed by atoms with Crippen LogP contribution in [0.4, 0.5) is 0 Å². The number of nitrogens with zero attached hydrogens (tertiary/aromatic N) is 3. The van der Waals surface area contributed by atoms with Crippen LogP contribution < -0.4 is 5.73 Å². The number of likely N-dealkylation sites (N-methyl/N-ethyl adjacent to an activating group) is 1. The molecule has 4 atom stereocenters. The van der Waals surface area contributed by atoms with Gasteiger partial charge < -0.3 is 20.7 Å². The Morgan fingerprint density at radius 2 is 1.86 bits per heavy atom. The Labute approximate surface area is 202 Å². The summed E-state index contributed by atoms with van der Waals surface area (Å²) in [6, 6.07) is 6.59. The lowest BCUT2D eigenvalue weighted by atomic mass is 9.57. The van der Waals surface area contributed by atoms with E-state index in [4.69, 9.17) is 10.5 Å². The lowest BCUT2D eigenvalue weighted by Gasteiger charge is -2.53. The first-order valence-electron chi connectivity index (χ1n) is 11.5. The van der Waals surface area contributed by atoms with Crippen LogP contribution >= 0.6 is 0 Å². The zero-order chi connectivity index (χ0) is 25.1. The maximum absolute atomic E-state index is 14.1. The second kappa shape index (κ2) is 8.28. The number of rotatable bonds is 4. The van der Waals surface area contributed by atoms with Crippen molar-refractivity contribution in [2.24, 2.45) is 17.6 Å². The van der Waals surface area contributed by atoms with E-state index in [2.05, 4.69) is 9.97 Å². The zero-order valence-electron chi connectivity index (χ0n) is 19.9. The topological polar surface area (TPSA) is 139 Å². The Morgan fingerprint density at radius 1 is 1.17 bits per heavy atom. The third-order valence-corrected chi connectivity index (χ3v) is 7.75. The quantitative estimate of drug-likeness (QED) is 0.610. The highest BCUT2D eigenvalue weighted by molar-refractivity contribution is 6.10. The summed E-state index contributed by atoms with van der Waals surface area (Å²) in [5.41, 5.74) is 6.67. The fraction of sp³-hybridized carbons (Fsp3) is 0.385. The fourth-order valence-electron chi connectivity index (χ4n) is 6.20. The number of carbonyl (C=O) groups excluding carboxylic acids is 2. The minimum absolute atomic E-state index is 0.0200. The SMILES string of the molecule is CO[C@@]12CC(C(N)=O)=C(O)[C@@H](N(C)C)[C@@H]1C[C@@H]1Cc3c(cccc3-c3ncccn3)C(O)=C1C2=O. The summed E-state index contributed by atoms with van der Waals surface area (Å²) in [6.07, 6.45) is 4.14. The molecule has 5 rings (SSSR count). The number of benzene rings is 1. The highest BCUT2D eigenvalue weighted by atomic mass is 16.5. The number of hydrogen-bond donors (Lipinski definition) is 3. The number of amides is 1. The molecule has 9 nitrogen and oxygen atoms in total. The minimum atomic E-state index is -1.43. The van der Waals surface area contributed by atoms with E-state index in [1.807, 2.05) is 6.07 Å². The molecule has 3 aliphatic rings. The number of fused-ring (bicyclic) bond motifs is 3. The Morgan fingerprint density at radius 3 is 2.49 bits per heavy atom. The molecular weight excluding hydrogens is 448 g/mol. The van der Waals surface area contributed by atoms with Crippen molar-refractivity contribution >= 4 is 17.4 Å². The van der Waals surface area contributed by atoms with E-state index in [0.29, 0.717) is 29.8 Å². The minimum Gasteiger partial charge on any atom is -0.510 e. The monoisotopic (exact) mass is 476 g/mol. The van der Waals surface area contributed by atoms with Crippen molar-refractivity contribution in [3.8, 4) is 11.4 Å². The molecule has 0 radical (unpaired) electrons. The van der Waals surface area contributed by atoms with Gasteiger partial charge in [-0.3, -0.25) is 14.5 Å². The van der Waals surface area contributed by atoms with E-state index in [0.717, 1.165) is 11.1 Å². The second-order valence-electron chi connectivity index (χ2n) is 9.65. The first-order valence-corrected chi connectivity index (χ1v) is 11.5. The summed E-state index contributed by atoms with van der Waals surface area (Å²) < 4.78 is 5.89. The largest absolute Gasteiger partial charge is 0.510 e. The smallest absolute Gasteiger partial charge is 0.248 e. The molecule has 182 valence electrons. The van der Waals surface area contributed by atoms with Crippen LogP contribution in [0.5, 0.6) is 0 Å². The van der Waals surface area contributed by atoms with Gasteiger partial charge in [-0.25, -0.2) is 9.97 Å². The number of methoxy groups -OCH3 is 1. The molecule has 1 aromatic carbocycles. The van der Waals surface area contributed by atoms with Gasteiger partial charge in [-0.1, -0.05) is 18.2 Å². The Balaban J connectivity index is 1.69. The molecule has 35 heavy (non-hydrogen) atoms. The van der Waals surface area contributed by atoms with E-state index in [1.54, 1.807) is 49.6 Å². The summed E-state index contributed by atoms with van der Waals surface area (Å²) in [4.78, 5) is 36.9. The van der Waals surface area contributed by atoms with Gasteiger partial charge in [0.25, 0.3) is 0 Å². The molecule has 1 aromatic heterocycles. The third-order valence-electron chi connectivity index (χ3n) is 7.75. The summed E-state index contributed by atoms with van der Waals surface area (Å²) in [7, 11) is 4.98. The van der Waals surface area contributed by atoms with Gasteiger partial charge in [0.05, 0.1) is 11.6 Å². The number of ketones is 1. The number of carbonyl (C=O) groups is 2. The second-order valence-corrected chi connectivity index (χ2v) is 9.65. The van der Waals surface area contributed by atoms with Crippen molar-refractivity contribution in [2.75, 3.05) is 21.2 Å². The van der Waals surface area contributed by atoms with E-state index < -0.39 is 23.5 Å². The number of Topliss-reactive ketones (excluding diaryl/α,β-unsaturated/α-hetero) is 1. The average Bonchev–Trinajstić information content (AvgIpc) is 2.84. The van der Waals surface area contributed by atoms with E-state index in [-0.39, 0.29) is 35.2 Å². The van der Waals surface area contributed by atoms with Gasteiger partial charge in [0, 0.05) is 48.5 Å². The van der Waals surface area contributed by atoms with Crippen LogP contribution in [0.25, 0.3) is 17.1 Å². The molecular formula is C26H28N4O5. The molecule has 1 heterocycles. The molecule has 0 bridgehead atoms. The van der Waals surface area contributed by atoms with Crippen molar-refractivity contribution in [2.45, 2.75) is 30.9 Å². The molecule has 0 unspecified atom stereocenters. The van der Waals surface area contributed by atoms with Crippen LogP contribution in [0.2, 0.25) is 0 Å². The maximum atomic E-state index is 14.1. The van der Waals surface area contributed by atoms with E-state index >= 15 is 0 Å². The summed E-state index contributed by atoms with van der Waals surface area (Å²) >= 11 is 0. The van der Waals surface area contributed by atoms with Crippen LogP contribution in [0.15, 0.2) is 53.6 Å². The van der Waals surface area contributed by atoms with Crippen LogP contribution in [-0.4, -0.2) is 69.6 Å². The van der Waals surface area contributed by atoms with Gasteiger partial charge in [0.15, 0.2) is 11.6 Å². The Bertz CT molecular complexity index is 1290. The Kier molecular flexibility index (Phi) is 5.49. The lowest BCUT2D eigenvalue weighted by Crippen LogP contribution is -2.63. The van der Waals surface area contributed by atoms with Crippen molar-refractivity contribution in [3.63, 3.8) is 0 Å². The van der Waals surface area contributed by atoms with E-state index in [1.165, 1.54) is 7.11 Å². The first kappa shape index (κ1) is 23.2. The molecule has 1 fully saturated rings. The number of aliphatic hydroxyl groups is 2. The standard InChI is InChI=1S/C26H28N4O5/c1-30(2)20-18-11-13-10-16-14(6-4-7-15(16)25-28-8-5-9-29-25)21(31)19(13)23(33)26(18,35-3)12-17(22(20)32)24(27)34/h4-9,13,18,20,31-32H,10-12H2,1-3H3,(H2,27,34)/t13-,18-,20-,26-/m0/s1. The van der Waals surface area contributed by atoms with Crippen molar-refractivity contribution in [1.82, 2.24) is 14.9 Å². The van der Waals surface area contributed by atoms with Gasteiger partial charge in [-0.2, -0.15) is 0 Å². The van der Waals surface area contributed by atoms with Crippen LogP contribution in [0.1, 0.15) is 24.0 Å². The molecule has 1 saturated carbocycles. The number of aromatic nitrogens is 2. The highest BCUT2D eigenvalue weighted by Crippen LogP contribution is 2.54. The molecule has 3 aliphatic carbocycles. The first-order chi connectivity index (χ1) is 16.7. The fourth-order valence-corrected chi connectivity index (χ4v) is 6.20. The molecule has 2 aromatic rings. The van der Waals surface area contributed by atoms with Crippen molar-refractivity contribution < 1.29 is 24.5 Å². The van der Waals surface area contributed by atoms with Crippen LogP contribution in [0.3, 0.4) is 0 Å². The summed E-state index contributed by atoms with van der Waals surface area (Å²) in [5.74, 6) is -1.60. The summed E-state index contributed by atoms with van der Waals surface area (Å²) in [6.45, 7) is 0.